The first-order chi connectivity index (χ1) is 15.2. The summed E-state index contributed by atoms with van der Waals surface area (Å²) in [6.45, 7) is 16.8. The van der Waals surface area contributed by atoms with E-state index in [9.17, 15) is 9.59 Å². The third-order valence-electron chi connectivity index (χ3n) is 13.4. The molecule has 1 heterocycles. The maximum absolute atomic E-state index is 12.9. The minimum atomic E-state index is -0.302. The molecule has 0 aromatic heterocycles. The lowest BCUT2D eigenvalue weighted by Crippen LogP contribution is -2.64. The number of hydrogen-bond donors (Lipinski definition) is 0. The fourth-order valence-electron chi connectivity index (χ4n) is 10.9. The van der Waals surface area contributed by atoms with Gasteiger partial charge in [-0.05, 0) is 85.9 Å². The third kappa shape index (κ3) is 2.39. The minimum absolute atomic E-state index is 0.0486. The second-order valence-electron chi connectivity index (χ2n) is 14.9. The molecule has 0 radical (unpaired) electrons. The molecule has 6 aliphatic rings. The van der Waals surface area contributed by atoms with Crippen LogP contribution in [0.15, 0.2) is 11.6 Å². The van der Waals surface area contributed by atoms with E-state index >= 15 is 0 Å². The molecule has 3 heteroatoms. The van der Waals surface area contributed by atoms with Crippen LogP contribution in [0.2, 0.25) is 0 Å². The van der Waals surface area contributed by atoms with Crippen molar-refractivity contribution in [2.75, 3.05) is 0 Å². The van der Waals surface area contributed by atoms with Crippen molar-refractivity contribution >= 4 is 11.8 Å². The van der Waals surface area contributed by atoms with E-state index in [1.165, 1.54) is 19.3 Å². The number of carbonyl (C=O) groups excluding carboxylic acids is 2. The molecule has 0 aromatic rings. The quantitative estimate of drug-likeness (QED) is 0.297. The van der Waals surface area contributed by atoms with Crippen molar-refractivity contribution < 1.29 is 14.3 Å². The van der Waals surface area contributed by atoms with Gasteiger partial charge in [-0.25, -0.2) is 0 Å². The molecule has 9 atom stereocenters. The highest BCUT2D eigenvalue weighted by atomic mass is 16.6. The van der Waals surface area contributed by atoms with Gasteiger partial charge in [0.25, 0.3) is 0 Å². The predicted octanol–water partition coefficient (Wildman–Crippen LogP) is 6.89. The van der Waals surface area contributed by atoms with Gasteiger partial charge in [0.1, 0.15) is 11.9 Å². The fourth-order valence-corrected chi connectivity index (χ4v) is 10.9. The van der Waals surface area contributed by atoms with Crippen molar-refractivity contribution in [1.29, 1.82) is 0 Å². The summed E-state index contributed by atoms with van der Waals surface area (Å²) < 4.78 is 6.03. The molecule has 0 N–H and O–H groups in total. The average Bonchev–Trinajstić information content (AvgIpc) is 3.00. The SMILES string of the molecule is CC1(C)C(=O)CC[C@]2(C)[C@H]3CC=C4[C@@H]5C[C@@]6(C)C[C@H](OC6=O)[C@]5(C)CC[C@@]4(C)[C@]3(C)CC[C@@H]12. The first kappa shape index (κ1) is 22.4. The van der Waals surface area contributed by atoms with Gasteiger partial charge < -0.3 is 4.74 Å². The standard InChI is InChI=1S/C30H44O3/c1-25(2)20-10-13-30(7)21(28(20,5)12-11-22(25)31)9-8-18-19-16-26(3)17-23(33-24(26)32)27(19,4)14-15-29(18,30)6/h8,19-21,23H,9-17H2,1-7H3/t19-,20-,21+,23-,26-,27+,28-,29+,30+/m0/s1. The Bertz CT molecular complexity index is 977. The molecule has 2 bridgehead atoms. The molecule has 1 aliphatic heterocycles. The third-order valence-corrected chi connectivity index (χ3v) is 13.4. The number of carbonyl (C=O) groups is 2. The van der Waals surface area contributed by atoms with Gasteiger partial charge in [-0.15, -0.1) is 0 Å². The lowest BCUT2D eigenvalue weighted by atomic mass is 9.33. The van der Waals surface area contributed by atoms with Crippen molar-refractivity contribution in [3.05, 3.63) is 11.6 Å². The largest absolute Gasteiger partial charge is 0.461 e. The Labute approximate surface area is 200 Å². The van der Waals surface area contributed by atoms with E-state index < -0.39 is 0 Å². The Balaban J connectivity index is 1.44. The van der Waals surface area contributed by atoms with Crippen molar-refractivity contribution in [2.45, 2.75) is 112 Å². The van der Waals surface area contributed by atoms with Gasteiger partial charge in [0.15, 0.2) is 0 Å². The van der Waals surface area contributed by atoms with Crippen LogP contribution in [0.4, 0.5) is 0 Å². The zero-order valence-corrected chi connectivity index (χ0v) is 22.0. The van der Waals surface area contributed by atoms with Crippen molar-refractivity contribution in [1.82, 2.24) is 0 Å². The van der Waals surface area contributed by atoms with Crippen LogP contribution in [0, 0.1) is 50.2 Å². The summed E-state index contributed by atoms with van der Waals surface area (Å²) in [4.78, 5) is 25.7. The first-order valence-electron chi connectivity index (χ1n) is 13.7. The Morgan fingerprint density at radius 1 is 0.848 bits per heavy atom. The van der Waals surface area contributed by atoms with Gasteiger partial charge in [-0.2, -0.15) is 0 Å². The van der Waals surface area contributed by atoms with Gasteiger partial charge in [0.05, 0.1) is 5.41 Å². The monoisotopic (exact) mass is 452 g/mol. The number of ketones is 1. The van der Waals surface area contributed by atoms with Crippen molar-refractivity contribution in [2.24, 2.45) is 50.2 Å². The van der Waals surface area contributed by atoms with Gasteiger partial charge >= 0.3 is 5.97 Å². The van der Waals surface area contributed by atoms with E-state index in [0.717, 1.165) is 38.5 Å². The number of allylic oxidation sites excluding steroid dienone is 2. The highest BCUT2D eigenvalue weighted by Gasteiger charge is 2.70. The van der Waals surface area contributed by atoms with Crippen molar-refractivity contribution in [3.8, 4) is 0 Å². The van der Waals surface area contributed by atoms with Crippen LogP contribution >= 0.6 is 0 Å². The number of ether oxygens (including phenoxy) is 1. The normalized spacial score (nSPS) is 56.6. The summed E-state index contributed by atoms with van der Waals surface area (Å²) in [5.74, 6) is 2.11. The minimum Gasteiger partial charge on any atom is -0.461 e. The smallest absolute Gasteiger partial charge is 0.312 e. The van der Waals surface area contributed by atoms with E-state index in [1.54, 1.807) is 5.57 Å². The molecule has 182 valence electrons. The second-order valence-corrected chi connectivity index (χ2v) is 14.9. The highest BCUT2D eigenvalue weighted by Crippen LogP contribution is 2.76. The maximum Gasteiger partial charge on any atom is 0.312 e. The number of hydrogen-bond acceptors (Lipinski definition) is 3. The predicted molar refractivity (Wildman–Crippen MR) is 129 cm³/mol. The molecular weight excluding hydrogens is 408 g/mol. The Morgan fingerprint density at radius 3 is 2.30 bits per heavy atom. The molecule has 5 aliphatic carbocycles. The van der Waals surface area contributed by atoms with Crippen LogP contribution in [0.5, 0.6) is 0 Å². The van der Waals surface area contributed by atoms with Gasteiger partial charge in [-0.3, -0.25) is 9.59 Å². The molecule has 0 aromatic carbocycles. The van der Waals surface area contributed by atoms with E-state index in [1.807, 2.05) is 0 Å². The zero-order chi connectivity index (χ0) is 23.8. The number of Topliss-reactive ketones (excluding diaryl/α,β-unsaturated/α-hetero) is 1. The van der Waals surface area contributed by atoms with Crippen LogP contribution in [-0.2, 0) is 14.3 Å². The van der Waals surface area contributed by atoms with Crippen LogP contribution in [0.1, 0.15) is 106 Å². The van der Waals surface area contributed by atoms with E-state index in [-0.39, 0.29) is 44.6 Å². The summed E-state index contributed by atoms with van der Waals surface area (Å²) in [5.41, 5.74) is 1.91. The Morgan fingerprint density at radius 2 is 1.58 bits per heavy atom. The molecule has 1 saturated heterocycles. The molecule has 3 nitrogen and oxygen atoms in total. The molecule has 33 heavy (non-hydrogen) atoms. The average molecular weight is 453 g/mol. The Hall–Kier alpha value is -1.12. The molecule has 5 fully saturated rings. The molecule has 6 rings (SSSR count). The highest BCUT2D eigenvalue weighted by molar-refractivity contribution is 5.85. The topological polar surface area (TPSA) is 43.4 Å². The number of fused-ring (bicyclic) bond motifs is 10. The molecule has 0 spiro atoms. The van der Waals surface area contributed by atoms with Crippen LogP contribution < -0.4 is 0 Å². The molecule has 0 amide bonds. The van der Waals surface area contributed by atoms with Crippen molar-refractivity contribution in [3.63, 3.8) is 0 Å². The van der Waals surface area contributed by atoms with E-state index in [0.29, 0.717) is 23.5 Å². The van der Waals surface area contributed by atoms with Crippen LogP contribution in [-0.4, -0.2) is 17.9 Å². The lowest BCUT2D eigenvalue weighted by Gasteiger charge is -2.70. The summed E-state index contributed by atoms with van der Waals surface area (Å²) in [6.07, 6.45) is 12.3. The van der Waals surface area contributed by atoms with Crippen LogP contribution in [0.3, 0.4) is 0 Å². The number of esters is 1. The summed E-state index contributed by atoms with van der Waals surface area (Å²) >= 11 is 0. The fraction of sp³-hybridized carbons (Fsp3) is 0.867. The molecular formula is C30H44O3. The summed E-state index contributed by atoms with van der Waals surface area (Å²) in [6, 6.07) is 0. The lowest BCUT2D eigenvalue weighted by molar-refractivity contribution is -0.186. The maximum atomic E-state index is 12.9. The van der Waals surface area contributed by atoms with E-state index in [4.69, 9.17) is 4.74 Å². The van der Waals surface area contributed by atoms with Gasteiger partial charge in [-0.1, -0.05) is 53.2 Å². The number of rotatable bonds is 0. The van der Waals surface area contributed by atoms with Crippen LogP contribution in [0.25, 0.3) is 0 Å². The van der Waals surface area contributed by atoms with E-state index in [2.05, 4.69) is 54.5 Å². The van der Waals surface area contributed by atoms with Gasteiger partial charge in [0, 0.05) is 23.7 Å². The first-order valence-corrected chi connectivity index (χ1v) is 13.7. The molecule has 4 saturated carbocycles. The van der Waals surface area contributed by atoms with Gasteiger partial charge in [0.2, 0.25) is 0 Å². The zero-order valence-electron chi connectivity index (χ0n) is 22.0. The summed E-state index contributed by atoms with van der Waals surface area (Å²) in [5, 5.41) is 0. The second kappa shape index (κ2) is 6.16. The Kier molecular flexibility index (Phi) is 4.17. The summed E-state index contributed by atoms with van der Waals surface area (Å²) in [7, 11) is 0. The molecule has 0 unspecified atom stereocenters.